The molecule has 82 valence electrons. The predicted molar refractivity (Wildman–Crippen MR) is 57.0 cm³/mol. The van der Waals surface area contributed by atoms with Crippen LogP contribution >= 0.6 is 0 Å². The Balaban J connectivity index is 3.12. The third kappa shape index (κ3) is 2.82. The average molecular weight is 219 g/mol. The summed E-state index contributed by atoms with van der Waals surface area (Å²) in [6, 6.07) is 4.76. The van der Waals surface area contributed by atoms with Crippen LogP contribution in [-0.2, 0) is 4.79 Å². The van der Waals surface area contributed by atoms with Gasteiger partial charge in [-0.2, -0.15) is 0 Å². The third-order valence-electron chi connectivity index (χ3n) is 1.88. The van der Waals surface area contributed by atoms with Gasteiger partial charge in [-0.15, -0.1) is 0 Å². The van der Waals surface area contributed by atoms with E-state index in [1.807, 2.05) is 0 Å². The quantitative estimate of drug-likeness (QED) is 0.466. The molecule has 0 bridgehead atoms. The third-order valence-corrected chi connectivity index (χ3v) is 1.88. The molecule has 0 aliphatic carbocycles. The van der Waals surface area contributed by atoms with Crippen LogP contribution < -0.4 is 0 Å². The Bertz CT molecular complexity index is 496. The molecule has 16 heavy (non-hydrogen) atoms. The van der Waals surface area contributed by atoms with Gasteiger partial charge in [0.1, 0.15) is 12.0 Å². The smallest absolute Gasteiger partial charge is 0.315 e. The van der Waals surface area contributed by atoms with Gasteiger partial charge < -0.3 is 5.11 Å². The summed E-state index contributed by atoms with van der Waals surface area (Å²) in [5.41, 5.74) is 0.679. The van der Waals surface area contributed by atoms with Crippen LogP contribution in [0.5, 0.6) is 0 Å². The van der Waals surface area contributed by atoms with Gasteiger partial charge in [0.15, 0.2) is 0 Å². The van der Waals surface area contributed by atoms with Crippen molar-refractivity contribution in [3.05, 3.63) is 39.4 Å². The predicted octanol–water partition coefficient (Wildman–Crippen LogP) is 1.73. The maximum absolute atomic E-state index is 10.8. The molecule has 0 atom stereocenters. The number of para-hydroxylation sites is 1. The molecule has 5 nitrogen and oxygen atoms in total. The highest BCUT2D eigenvalue weighted by Gasteiger charge is 2.14. The monoisotopic (exact) mass is 219 g/mol. The van der Waals surface area contributed by atoms with Crippen molar-refractivity contribution >= 4 is 11.7 Å². The number of aryl methyl sites for hydroxylation is 1. The summed E-state index contributed by atoms with van der Waals surface area (Å²) in [5, 5.41) is 19.1. The van der Waals surface area contributed by atoms with Gasteiger partial charge in [-0.3, -0.25) is 14.9 Å². The van der Waals surface area contributed by atoms with Gasteiger partial charge in [-0.1, -0.05) is 24.0 Å². The SMILES string of the molecule is Cc1cccc(C#CCC(=O)O)c1[N+](=O)[O-]. The first-order valence-electron chi connectivity index (χ1n) is 4.47. The lowest BCUT2D eigenvalue weighted by Crippen LogP contribution is -1.95. The first-order chi connectivity index (χ1) is 7.52. The van der Waals surface area contributed by atoms with Gasteiger partial charge in [-0.25, -0.2) is 0 Å². The molecule has 0 amide bonds. The van der Waals surface area contributed by atoms with E-state index in [0.717, 1.165) is 0 Å². The van der Waals surface area contributed by atoms with E-state index in [4.69, 9.17) is 5.11 Å². The maximum Gasteiger partial charge on any atom is 0.315 e. The summed E-state index contributed by atoms with van der Waals surface area (Å²) in [6.07, 6.45) is -0.328. The maximum atomic E-state index is 10.8. The fourth-order valence-electron chi connectivity index (χ4n) is 1.22. The second-order valence-corrected chi connectivity index (χ2v) is 3.10. The molecule has 0 radical (unpaired) electrons. The summed E-state index contributed by atoms with van der Waals surface area (Å²) in [5.74, 6) is 3.81. The van der Waals surface area contributed by atoms with Gasteiger partial charge in [-0.05, 0) is 13.0 Å². The Morgan fingerprint density at radius 3 is 2.81 bits per heavy atom. The second-order valence-electron chi connectivity index (χ2n) is 3.10. The Morgan fingerprint density at radius 2 is 2.25 bits per heavy atom. The molecule has 0 heterocycles. The minimum Gasteiger partial charge on any atom is -0.481 e. The molecule has 0 fully saturated rings. The van der Waals surface area contributed by atoms with Crippen molar-refractivity contribution in [3.8, 4) is 11.8 Å². The van der Waals surface area contributed by atoms with Crippen molar-refractivity contribution in [2.24, 2.45) is 0 Å². The Labute approximate surface area is 91.9 Å². The molecule has 0 saturated carbocycles. The molecule has 5 heteroatoms. The molecule has 0 aromatic heterocycles. The van der Waals surface area contributed by atoms with Gasteiger partial charge in [0, 0.05) is 5.56 Å². The van der Waals surface area contributed by atoms with Gasteiger partial charge in [0.05, 0.1) is 4.92 Å². The van der Waals surface area contributed by atoms with Crippen LogP contribution in [-0.4, -0.2) is 16.0 Å². The van der Waals surface area contributed by atoms with E-state index in [-0.39, 0.29) is 17.7 Å². The van der Waals surface area contributed by atoms with Crippen molar-refractivity contribution in [2.45, 2.75) is 13.3 Å². The number of nitro benzene ring substituents is 1. The summed E-state index contributed by atoms with van der Waals surface area (Å²) in [7, 11) is 0. The van der Waals surface area contributed by atoms with Crippen LogP contribution in [0.2, 0.25) is 0 Å². The first-order valence-corrected chi connectivity index (χ1v) is 4.47. The molecule has 0 saturated heterocycles. The normalized spacial score (nSPS) is 9.06. The summed E-state index contributed by atoms with van der Waals surface area (Å²) >= 11 is 0. The van der Waals surface area contributed by atoms with Crippen molar-refractivity contribution in [3.63, 3.8) is 0 Å². The lowest BCUT2D eigenvalue weighted by Gasteiger charge is -1.98. The number of nitrogens with zero attached hydrogens (tertiary/aromatic N) is 1. The number of hydrogen-bond donors (Lipinski definition) is 1. The van der Waals surface area contributed by atoms with E-state index < -0.39 is 10.9 Å². The molecule has 0 unspecified atom stereocenters. The molecular weight excluding hydrogens is 210 g/mol. The largest absolute Gasteiger partial charge is 0.481 e. The molecular formula is C11H9NO4. The van der Waals surface area contributed by atoms with Crippen molar-refractivity contribution in [1.29, 1.82) is 0 Å². The zero-order valence-electron chi connectivity index (χ0n) is 8.56. The molecule has 0 aliphatic rings. The standard InChI is InChI=1S/C11H9NO4/c1-8-4-2-5-9(11(8)12(15)16)6-3-7-10(13)14/h2,4-5H,7H2,1H3,(H,13,14). The van der Waals surface area contributed by atoms with Crippen LogP contribution in [0.4, 0.5) is 5.69 Å². The zero-order valence-corrected chi connectivity index (χ0v) is 8.56. The molecule has 1 N–H and O–H groups in total. The Kier molecular flexibility index (Phi) is 3.62. The van der Waals surface area contributed by atoms with Crippen LogP contribution in [0.3, 0.4) is 0 Å². The molecule has 1 rings (SSSR count). The molecule has 0 spiro atoms. The number of rotatable bonds is 2. The lowest BCUT2D eigenvalue weighted by molar-refractivity contribution is -0.385. The molecule has 1 aromatic rings. The van der Waals surface area contributed by atoms with Crippen LogP contribution in [0, 0.1) is 28.9 Å². The highest BCUT2D eigenvalue weighted by atomic mass is 16.6. The van der Waals surface area contributed by atoms with Crippen LogP contribution in [0.1, 0.15) is 17.5 Å². The van der Waals surface area contributed by atoms with Gasteiger partial charge in [0.25, 0.3) is 5.69 Å². The van der Waals surface area contributed by atoms with Gasteiger partial charge in [0.2, 0.25) is 0 Å². The second kappa shape index (κ2) is 4.94. The molecule has 1 aromatic carbocycles. The van der Waals surface area contributed by atoms with E-state index in [1.54, 1.807) is 19.1 Å². The van der Waals surface area contributed by atoms with E-state index >= 15 is 0 Å². The van der Waals surface area contributed by atoms with E-state index in [0.29, 0.717) is 5.56 Å². The minimum atomic E-state index is -1.05. The fraction of sp³-hybridized carbons (Fsp3) is 0.182. The number of carbonyl (C=O) groups is 1. The van der Waals surface area contributed by atoms with Crippen molar-refractivity contribution in [2.75, 3.05) is 0 Å². The van der Waals surface area contributed by atoms with E-state index in [1.165, 1.54) is 6.07 Å². The van der Waals surface area contributed by atoms with Crippen LogP contribution in [0.15, 0.2) is 18.2 Å². The molecule has 0 aliphatic heterocycles. The highest BCUT2D eigenvalue weighted by Crippen LogP contribution is 2.21. The number of carboxylic acids is 1. The number of nitro groups is 1. The average Bonchev–Trinajstić information content (AvgIpc) is 2.16. The zero-order chi connectivity index (χ0) is 12.1. The summed E-state index contributed by atoms with van der Waals surface area (Å²) in [4.78, 5) is 20.5. The Morgan fingerprint density at radius 1 is 1.56 bits per heavy atom. The topological polar surface area (TPSA) is 80.4 Å². The van der Waals surface area contributed by atoms with Crippen molar-refractivity contribution < 1.29 is 14.8 Å². The summed E-state index contributed by atoms with van der Waals surface area (Å²) in [6.45, 7) is 1.61. The fourth-order valence-corrected chi connectivity index (χ4v) is 1.22. The van der Waals surface area contributed by atoms with Gasteiger partial charge >= 0.3 is 5.97 Å². The van der Waals surface area contributed by atoms with Crippen LogP contribution in [0.25, 0.3) is 0 Å². The van der Waals surface area contributed by atoms with E-state index in [2.05, 4.69) is 11.8 Å². The number of carboxylic acid groups (broad SMARTS) is 1. The number of benzene rings is 1. The van der Waals surface area contributed by atoms with Crippen molar-refractivity contribution in [1.82, 2.24) is 0 Å². The first kappa shape index (κ1) is 11.7. The number of aliphatic carboxylic acids is 1. The lowest BCUT2D eigenvalue weighted by atomic mass is 10.1. The summed E-state index contributed by atoms with van der Waals surface area (Å²) < 4.78 is 0. The minimum absolute atomic E-state index is 0.0691. The van der Waals surface area contributed by atoms with E-state index in [9.17, 15) is 14.9 Å². The Hall–Kier alpha value is -2.35. The number of hydrogen-bond acceptors (Lipinski definition) is 3. The highest BCUT2D eigenvalue weighted by molar-refractivity contribution is 5.70.